The van der Waals surface area contributed by atoms with Crippen molar-refractivity contribution in [3.8, 4) is 16.9 Å². The summed E-state index contributed by atoms with van der Waals surface area (Å²) >= 11 is 0. The molecule has 1 aliphatic rings. The van der Waals surface area contributed by atoms with E-state index in [0.717, 1.165) is 48.4 Å². The van der Waals surface area contributed by atoms with E-state index in [9.17, 15) is 4.79 Å². The van der Waals surface area contributed by atoms with E-state index in [-0.39, 0.29) is 11.9 Å². The van der Waals surface area contributed by atoms with E-state index in [1.54, 1.807) is 7.11 Å². The zero-order valence-corrected chi connectivity index (χ0v) is 16.6. The van der Waals surface area contributed by atoms with Crippen molar-refractivity contribution in [3.05, 3.63) is 36.2 Å². The number of carbonyl (C=O) groups excluding carboxylic acids is 1. The van der Waals surface area contributed by atoms with Crippen LogP contribution in [0.2, 0.25) is 0 Å². The molecule has 1 atom stereocenters. The van der Waals surface area contributed by atoms with Gasteiger partial charge < -0.3 is 14.5 Å². The quantitative estimate of drug-likeness (QED) is 0.806. The minimum atomic E-state index is -0.00926. The van der Waals surface area contributed by atoms with Crippen LogP contribution in [0.3, 0.4) is 0 Å². The lowest BCUT2D eigenvalue weighted by atomic mass is 9.93. The Hall–Kier alpha value is -2.63. The molecule has 0 bridgehead atoms. The number of methoxy groups -OCH3 is 1. The molecule has 6 nitrogen and oxygen atoms in total. The number of piperidine rings is 1. The smallest absolute Gasteiger partial charge is 0.225 e. The number of amides is 1. The molecular weight excluding hydrogens is 340 g/mol. The van der Waals surface area contributed by atoms with Gasteiger partial charge in [-0.05, 0) is 37.0 Å². The van der Waals surface area contributed by atoms with Gasteiger partial charge in [-0.15, -0.1) is 0 Å². The SMILES string of the molecule is CCC(=O)N1CCCC[C@@H]1c1nc(N(C)C)ncc1-c1ccc(OC)cc1. The van der Waals surface area contributed by atoms with E-state index in [1.807, 2.05) is 61.3 Å². The van der Waals surface area contributed by atoms with Gasteiger partial charge in [0.15, 0.2) is 0 Å². The number of anilines is 1. The summed E-state index contributed by atoms with van der Waals surface area (Å²) in [6.45, 7) is 2.71. The molecule has 3 rings (SSSR count). The first kappa shape index (κ1) is 19.1. The van der Waals surface area contributed by atoms with Gasteiger partial charge in [-0.2, -0.15) is 0 Å². The maximum atomic E-state index is 12.6. The van der Waals surface area contributed by atoms with Crippen molar-refractivity contribution in [3.63, 3.8) is 0 Å². The standard InChI is InChI=1S/C21H28N4O2/c1-5-19(26)25-13-7-6-8-18(25)20-17(14-22-21(23-20)24(2)3)15-9-11-16(27-4)12-10-15/h9-12,14,18H,5-8,13H2,1-4H3/t18-/m1/s1. The van der Waals surface area contributed by atoms with Crippen molar-refractivity contribution in [1.82, 2.24) is 14.9 Å². The van der Waals surface area contributed by atoms with Crippen LogP contribution in [0.1, 0.15) is 44.3 Å². The van der Waals surface area contributed by atoms with Gasteiger partial charge >= 0.3 is 0 Å². The molecule has 0 unspecified atom stereocenters. The van der Waals surface area contributed by atoms with Crippen LogP contribution in [0.4, 0.5) is 5.95 Å². The first-order chi connectivity index (χ1) is 13.0. The van der Waals surface area contributed by atoms with Crippen molar-refractivity contribution in [2.24, 2.45) is 0 Å². The number of nitrogens with zero attached hydrogens (tertiary/aromatic N) is 4. The third-order valence-electron chi connectivity index (χ3n) is 5.05. The molecular formula is C21H28N4O2. The Morgan fingerprint density at radius 3 is 2.63 bits per heavy atom. The molecule has 0 radical (unpaired) electrons. The zero-order valence-electron chi connectivity index (χ0n) is 16.6. The first-order valence-electron chi connectivity index (χ1n) is 9.53. The average molecular weight is 368 g/mol. The number of rotatable bonds is 5. The lowest BCUT2D eigenvalue weighted by Gasteiger charge is -2.36. The van der Waals surface area contributed by atoms with Gasteiger partial charge in [0.05, 0.1) is 18.8 Å². The van der Waals surface area contributed by atoms with E-state index in [0.29, 0.717) is 12.4 Å². The average Bonchev–Trinajstić information content (AvgIpc) is 2.72. The summed E-state index contributed by atoms with van der Waals surface area (Å²) in [6, 6.07) is 7.91. The molecule has 1 amide bonds. The van der Waals surface area contributed by atoms with Crippen LogP contribution in [0, 0.1) is 0 Å². The van der Waals surface area contributed by atoms with E-state index >= 15 is 0 Å². The summed E-state index contributed by atoms with van der Waals surface area (Å²) in [5, 5.41) is 0. The van der Waals surface area contributed by atoms with Crippen LogP contribution >= 0.6 is 0 Å². The second kappa shape index (κ2) is 8.37. The Morgan fingerprint density at radius 2 is 2.00 bits per heavy atom. The topological polar surface area (TPSA) is 58.6 Å². The first-order valence-corrected chi connectivity index (χ1v) is 9.53. The number of hydrogen-bond acceptors (Lipinski definition) is 5. The summed E-state index contributed by atoms with van der Waals surface area (Å²) in [6.07, 6.45) is 5.47. The van der Waals surface area contributed by atoms with E-state index in [4.69, 9.17) is 9.72 Å². The van der Waals surface area contributed by atoms with Crippen LogP contribution in [0.5, 0.6) is 5.75 Å². The summed E-state index contributed by atoms with van der Waals surface area (Å²) in [7, 11) is 5.52. The van der Waals surface area contributed by atoms with Crippen molar-refractivity contribution in [2.75, 3.05) is 32.6 Å². The zero-order chi connectivity index (χ0) is 19.4. The summed E-state index contributed by atoms with van der Waals surface area (Å²) in [5.41, 5.74) is 2.94. The minimum absolute atomic E-state index is 0.00926. The fraction of sp³-hybridized carbons (Fsp3) is 0.476. The number of hydrogen-bond donors (Lipinski definition) is 0. The van der Waals surface area contributed by atoms with Crippen LogP contribution < -0.4 is 9.64 Å². The third kappa shape index (κ3) is 4.04. The van der Waals surface area contributed by atoms with Gasteiger partial charge in [0, 0.05) is 38.8 Å². The van der Waals surface area contributed by atoms with Gasteiger partial charge in [-0.3, -0.25) is 4.79 Å². The third-order valence-corrected chi connectivity index (χ3v) is 5.05. The normalized spacial score (nSPS) is 16.9. The molecule has 1 aliphatic heterocycles. The Balaban J connectivity index is 2.09. The van der Waals surface area contributed by atoms with Crippen molar-refractivity contribution in [1.29, 1.82) is 0 Å². The predicted molar refractivity (Wildman–Crippen MR) is 107 cm³/mol. The number of aromatic nitrogens is 2. The number of benzene rings is 1. The van der Waals surface area contributed by atoms with E-state index in [2.05, 4.69) is 4.98 Å². The monoisotopic (exact) mass is 368 g/mol. The molecule has 1 aromatic carbocycles. The summed E-state index contributed by atoms with van der Waals surface area (Å²) < 4.78 is 5.27. The van der Waals surface area contributed by atoms with E-state index < -0.39 is 0 Å². The molecule has 2 heterocycles. The minimum Gasteiger partial charge on any atom is -0.497 e. The largest absolute Gasteiger partial charge is 0.497 e. The van der Waals surface area contributed by atoms with Gasteiger partial charge in [0.2, 0.25) is 11.9 Å². The van der Waals surface area contributed by atoms with Crippen molar-refractivity contribution in [2.45, 2.75) is 38.6 Å². The number of likely N-dealkylation sites (tertiary alicyclic amines) is 1. The molecule has 0 aliphatic carbocycles. The molecule has 0 spiro atoms. The highest BCUT2D eigenvalue weighted by Crippen LogP contribution is 2.37. The van der Waals surface area contributed by atoms with Crippen LogP contribution in [0.15, 0.2) is 30.5 Å². The highest BCUT2D eigenvalue weighted by atomic mass is 16.5. The van der Waals surface area contributed by atoms with Crippen LogP contribution in [0.25, 0.3) is 11.1 Å². The second-order valence-corrected chi connectivity index (χ2v) is 7.04. The lowest BCUT2D eigenvalue weighted by molar-refractivity contribution is -0.134. The second-order valence-electron chi connectivity index (χ2n) is 7.04. The molecule has 6 heteroatoms. The fourth-order valence-corrected chi connectivity index (χ4v) is 3.57. The lowest BCUT2D eigenvalue weighted by Crippen LogP contribution is -2.38. The van der Waals surface area contributed by atoms with Crippen molar-refractivity contribution >= 4 is 11.9 Å². The molecule has 0 saturated carbocycles. The molecule has 1 saturated heterocycles. The van der Waals surface area contributed by atoms with Gasteiger partial charge in [-0.25, -0.2) is 9.97 Å². The molecule has 2 aromatic rings. The number of carbonyl (C=O) groups is 1. The molecule has 27 heavy (non-hydrogen) atoms. The molecule has 1 fully saturated rings. The fourth-order valence-electron chi connectivity index (χ4n) is 3.57. The Morgan fingerprint density at radius 1 is 1.26 bits per heavy atom. The molecule has 144 valence electrons. The van der Waals surface area contributed by atoms with Crippen LogP contribution in [-0.4, -0.2) is 48.5 Å². The maximum Gasteiger partial charge on any atom is 0.225 e. The Labute approximate surface area is 161 Å². The maximum absolute atomic E-state index is 12.6. The highest BCUT2D eigenvalue weighted by molar-refractivity contribution is 5.77. The van der Waals surface area contributed by atoms with E-state index in [1.165, 1.54) is 0 Å². The molecule has 0 N–H and O–H groups in total. The number of ether oxygens (including phenoxy) is 1. The molecule has 1 aromatic heterocycles. The van der Waals surface area contributed by atoms with Gasteiger partial charge in [0.1, 0.15) is 5.75 Å². The predicted octanol–water partition coefficient (Wildman–Crippen LogP) is 3.68. The highest BCUT2D eigenvalue weighted by Gasteiger charge is 2.30. The van der Waals surface area contributed by atoms with Crippen LogP contribution in [-0.2, 0) is 4.79 Å². The Bertz CT molecular complexity index is 789. The van der Waals surface area contributed by atoms with Gasteiger partial charge in [-0.1, -0.05) is 19.1 Å². The summed E-state index contributed by atoms with van der Waals surface area (Å²) in [4.78, 5) is 25.8. The Kier molecular flexibility index (Phi) is 5.94. The van der Waals surface area contributed by atoms with Gasteiger partial charge in [0.25, 0.3) is 0 Å². The summed E-state index contributed by atoms with van der Waals surface area (Å²) in [5.74, 6) is 1.66. The van der Waals surface area contributed by atoms with Crippen molar-refractivity contribution < 1.29 is 9.53 Å².